The normalized spacial score (nSPS) is 16.4. The summed E-state index contributed by atoms with van der Waals surface area (Å²) in [5.41, 5.74) is -0.112. The van der Waals surface area contributed by atoms with Crippen LogP contribution in [0.5, 0.6) is 0 Å². The van der Waals surface area contributed by atoms with Crippen LogP contribution in [0.25, 0.3) is 0 Å². The van der Waals surface area contributed by atoms with Crippen LogP contribution in [0.1, 0.15) is 6.42 Å². The second-order valence-corrected chi connectivity index (χ2v) is 3.08. The molecule has 0 unspecified atom stereocenters. The van der Waals surface area contributed by atoms with Crippen LogP contribution in [0.15, 0.2) is 23.1 Å². The first-order valence-corrected chi connectivity index (χ1v) is 4.18. The lowest BCUT2D eigenvalue weighted by Crippen LogP contribution is -2.30. The summed E-state index contributed by atoms with van der Waals surface area (Å²) in [7, 11) is 0. The number of carbonyl (C=O) groups is 2. The quantitative estimate of drug-likeness (QED) is 0.620. The lowest BCUT2D eigenvalue weighted by molar-refractivity contribution is -0.121. The number of anilines is 1. The van der Waals surface area contributed by atoms with E-state index in [1.165, 1.54) is 17.2 Å². The van der Waals surface area contributed by atoms with E-state index in [0.717, 1.165) is 0 Å². The molecule has 0 aromatic carbocycles. The number of carbonyl (C=O) groups excluding carboxylic acids is 2. The molecule has 72 valence electrons. The van der Waals surface area contributed by atoms with Crippen LogP contribution < -0.4 is 10.5 Å². The Labute approximate surface area is 79.3 Å². The van der Waals surface area contributed by atoms with Gasteiger partial charge in [-0.3, -0.25) is 19.3 Å². The highest BCUT2D eigenvalue weighted by Crippen LogP contribution is 2.14. The van der Waals surface area contributed by atoms with Gasteiger partial charge in [-0.1, -0.05) is 0 Å². The summed E-state index contributed by atoms with van der Waals surface area (Å²) in [6.07, 6.45) is 1.38. The molecule has 1 aliphatic heterocycles. The Hall–Kier alpha value is -1.91. The van der Waals surface area contributed by atoms with Gasteiger partial charge >= 0.3 is 0 Å². The van der Waals surface area contributed by atoms with Crippen molar-refractivity contribution in [2.45, 2.75) is 6.42 Å². The molecule has 5 heteroatoms. The van der Waals surface area contributed by atoms with Crippen molar-refractivity contribution in [3.8, 4) is 0 Å². The molecule has 5 nitrogen and oxygen atoms in total. The van der Waals surface area contributed by atoms with Crippen LogP contribution in [-0.2, 0) is 9.59 Å². The Kier molecular flexibility index (Phi) is 1.92. The second kappa shape index (κ2) is 3.10. The number of rotatable bonds is 1. The van der Waals surface area contributed by atoms with Gasteiger partial charge in [0.15, 0.2) is 5.78 Å². The first-order chi connectivity index (χ1) is 6.68. The first kappa shape index (κ1) is 8.68. The highest BCUT2D eigenvalue weighted by molar-refractivity contribution is 6.14. The van der Waals surface area contributed by atoms with Crippen LogP contribution in [-0.4, -0.2) is 23.2 Å². The number of hydrogen-bond acceptors (Lipinski definition) is 3. The van der Waals surface area contributed by atoms with Crippen LogP contribution in [0.3, 0.4) is 0 Å². The van der Waals surface area contributed by atoms with Gasteiger partial charge in [0.2, 0.25) is 5.91 Å². The average molecular weight is 192 g/mol. The Morgan fingerprint density at radius 1 is 1.29 bits per heavy atom. The Morgan fingerprint density at radius 2 is 2.07 bits per heavy atom. The van der Waals surface area contributed by atoms with E-state index < -0.39 is 0 Å². The lowest BCUT2D eigenvalue weighted by atomic mass is 10.3. The molecule has 0 radical (unpaired) electrons. The van der Waals surface area contributed by atoms with Gasteiger partial charge in [-0.2, -0.15) is 0 Å². The zero-order valence-corrected chi connectivity index (χ0v) is 7.32. The molecule has 1 saturated heterocycles. The highest BCUT2D eigenvalue weighted by atomic mass is 16.2. The van der Waals surface area contributed by atoms with Crippen molar-refractivity contribution < 1.29 is 9.59 Å². The smallest absolute Gasteiger partial charge is 0.271 e. The molecule has 1 aromatic heterocycles. The van der Waals surface area contributed by atoms with Gasteiger partial charge in [-0.25, -0.2) is 0 Å². The number of ketones is 1. The maximum absolute atomic E-state index is 11.3. The van der Waals surface area contributed by atoms with E-state index in [9.17, 15) is 14.4 Å². The third kappa shape index (κ3) is 1.32. The minimum atomic E-state index is -0.351. The van der Waals surface area contributed by atoms with E-state index >= 15 is 0 Å². The fourth-order valence-corrected chi connectivity index (χ4v) is 1.43. The number of Topliss-reactive ketones (excluding diaryl/α,β-unsaturated/α-hetero) is 1. The predicted octanol–water partition coefficient (Wildman–Crippen LogP) is -0.319. The third-order valence-corrected chi connectivity index (χ3v) is 2.07. The summed E-state index contributed by atoms with van der Waals surface area (Å²) in [6, 6.07) is 3.14. The van der Waals surface area contributed by atoms with Crippen molar-refractivity contribution in [1.82, 2.24) is 4.98 Å². The molecule has 1 aliphatic rings. The van der Waals surface area contributed by atoms with E-state index in [4.69, 9.17) is 0 Å². The van der Waals surface area contributed by atoms with Crippen LogP contribution in [0.2, 0.25) is 0 Å². The molecular weight excluding hydrogens is 184 g/mol. The molecule has 2 heterocycles. The van der Waals surface area contributed by atoms with Crippen molar-refractivity contribution in [3.05, 3.63) is 28.7 Å². The number of pyridine rings is 1. The Balaban J connectivity index is 2.41. The SMILES string of the molecule is O=C1CC(=O)N(c2ccc[nH]c2=O)C1. The van der Waals surface area contributed by atoms with Crippen molar-refractivity contribution in [3.63, 3.8) is 0 Å². The van der Waals surface area contributed by atoms with Gasteiger partial charge < -0.3 is 4.98 Å². The number of aromatic amines is 1. The summed E-state index contributed by atoms with van der Waals surface area (Å²) in [4.78, 5) is 37.2. The van der Waals surface area contributed by atoms with E-state index in [1.54, 1.807) is 6.07 Å². The summed E-state index contributed by atoms with van der Waals surface area (Å²) < 4.78 is 0. The topological polar surface area (TPSA) is 70.2 Å². The Morgan fingerprint density at radius 3 is 2.64 bits per heavy atom. The zero-order chi connectivity index (χ0) is 10.1. The molecule has 1 amide bonds. The summed E-state index contributed by atoms with van der Waals surface area (Å²) in [5, 5.41) is 0. The molecule has 0 aliphatic carbocycles. The van der Waals surface area contributed by atoms with Gasteiger partial charge in [0.1, 0.15) is 5.69 Å². The summed E-state index contributed by atoms with van der Waals surface area (Å²) >= 11 is 0. The van der Waals surface area contributed by atoms with Crippen LogP contribution in [0.4, 0.5) is 5.69 Å². The molecule has 0 atom stereocenters. The van der Waals surface area contributed by atoms with Gasteiger partial charge in [-0.05, 0) is 12.1 Å². The molecule has 0 spiro atoms. The van der Waals surface area contributed by atoms with Crippen molar-refractivity contribution in [1.29, 1.82) is 0 Å². The monoisotopic (exact) mass is 192 g/mol. The van der Waals surface area contributed by atoms with Gasteiger partial charge in [0, 0.05) is 6.20 Å². The maximum atomic E-state index is 11.3. The van der Waals surface area contributed by atoms with Gasteiger partial charge in [0.25, 0.3) is 5.56 Å². The number of hydrogen-bond donors (Lipinski definition) is 1. The molecule has 0 bridgehead atoms. The van der Waals surface area contributed by atoms with E-state index in [-0.39, 0.29) is 35.9 Å². The number of aromatic nitrogens is 1. The minimum absolute atomic E-state index is 0.00588. The molecule has 1 aromatic rings. The number of nitrogens with zero attached hydrogens (tertiary/aromatic N) is 1. The second-order valence-electron chi connectivity index (χ2n) is 3.08. The molecule has 2 rings (SSSR count). The fraction of sp³-hybridized carbons (Fsp3) is 0.222. The summed E-state index contributed by atoms with van der Waals surface area (Å²) in [5.74, 6) is -0.468. The van der Waals surface area contributed by atoms with E-state index in [2.05, 4.69) is 4.98 Å². The van der Waals surface area contributed by atoms with Crippen LogP contribution in [0, 0.1) is 0 Å². The summed E-state index contributed by atoms with van der Waals surface area (Å²) in [6.45, 7) is 0.00588. The predicted molar refractivity (Wildman–Crippen MR) is 49.0 cm³/mol. The zero-order valence-electron chi connectivity index (χ0n) is 7.32. The highest BCUT2D eigenvalue weighted by Gasteiger charge is 2.29. The number of amides is 1. The fourth-order valence-electron chi connectivity index (χ4n) is 1.43. The standard InChI is InChI=1S/C9H8N2O3/c12-6-4-8(13)11(5-6)7-2-1-3-10-9(7)14/h1-3H,4-5H2,(H,10,14). The Bertz CT molecular complexity index is 449. The number of nitrogens with one attached hydrogen (secondary N) is 1. The maximum Gasteiger partial charge on any atom is 0.271 e. The lowest BCUT2D eigenvalue weighted by Gasteiger charge is -2.12. The minimum Gasteiger partial charge on any atom is -0.327 e. The van der Waals surface area contributed by atoms with E-state index in [1.807, 2.05) is 0 Å². The van der Waals surface area contributed by atoms with Crippen molar-refractivity contribution in [2.75, 3.05) is 11.4 Å². The third-order valence-electron chi connectivity index (χ3n) is 2.07. The molecule has 1 N–H and O–H groups in total. The van der Waals surface area contributed by atoms with Crippen molar-refractivity contribution in [2.24, 2.45) is 0 Å². The molecule has 1 fully saturated rings. The molecule has 14 heavy (non-hydrogen) atoms. The molecular formula is C9H8N2O3. The number of H-pyrrole nitrogens is 1. The van der Waals surface area contributed by atoms with Crippen LogP contribution >= 0.6 is 0 Å². The van der Waals surface area contributed by atoms with Crippen molar-refractivity contribution >= 4 is 17.4 Å². The van der Waals surface area contributed by atoms with Gasteiger partial charge in [0.05, 0.1) is 13.0 Å². The van der Waals surface area contributed by atoms with Gasteiger partial charge in [-0.15, -0.1) is 0 Å². The molecule has 0 saturated carbocycles. The first-order valence-electron chi connectivity index (χ1n) is 4.18. The van der Waals surface area contributed by atoms with E-state index in [0.29, 0.717) is 0 Å². The largest absolute Gasteiger partial charge is 0.327 e. The average Bonchev–Trinajstić information content (AvgIpc) is 2.46.